The minimum absolute atomic E-state index is 0.109. The fourth-order valence-electron chi connectivity index (χ4n) is 2.01. The predicted molar refractivity (Wildman–Crippen MR) is 75.1 cm³/mol. The smallest absolute Gasteiger partial charge is 0.223 e. The number of ketones is 1. The van der Waals surface area contributed by atoms with Gasteiger partial charge in [-0.25, -0.2) is 0 Å². The van der Waals surface area contributed by atoms with Crippen LogP contribution in [0.4, 0.5) is 0 Å². The molecular formula is C12H13Cl2NO3S. The Morgan fingerprint density at radius 2 is 2.16 bits per heavy atom. The van der Waals surface area contributed by atoms with E-state index in [1.165, 1.54) is 6.07 Å². The molecule has 2 heterocycles. The van der Waals surface area contributed by atoms with Crippen molar-refractivity contribution < 1.29 is 14.7 Å². The Kier molecular flexibility index (Phi) is 4.84. The van der Waals surface area contributed by atoms with Gasteiger partial charge in [0, 0.05) is 31.5 Å². The maximum atomic E-state index is 11.9. The second kappa shape index (κ2) is 6.22. The molecule has 1 atom stereocenters. The average molecular weight is 322 g/mol. The molecule has 4 nitrogen and oxygen atoms in total. The van der Waals surface area contributed by atoms with E-state index >= 15 is 0 Å². The highest BCUT2D eigenvalue weighted by atomic mass is 35.5. The molecule has 104 valence electrons. The maximum absolute atomic E-state index is 11.9. The zero-order chi connectivity index (χ0) is 14.0. The van der Waals surface area contributed by atoms with Crippen LogP contribution in [-0.2, 0) is 4.79 Å². The third-order valence-corrected chi connectivity index (χ3v) is 4.53. The molecule has 19 heavy (non-hydrogen) atoms. The van der Waals surface area contributed by atoms with E-state index in [2.05, 4.69) is 0 Å². The van der Waals surface area contributed by atoms with Gasteiger partial charge in [0.1, 0.15) is 4.34 Å². The highest BCUT2D eigenvalue weighted by molar-refractivity contribution is 7.20. The molecule has 1 amide bonds. The summed E-state index contributed by atoms with van der Waals surface area (Å²) in [5.41, 5.74) is 0.380. The van der Waals surface area contributed by atoms with Crippen molar-refractivity contribution in [1.29, 1.82) is 0 Å². The first-order chi connectivity index (χ1) is 8.97. The lowest BCUT2D eigenvalue weighted by molar-refractivity contribution is -0.130. The number of amides is 1. The normalized spacial score (nSPS) is 18.9. The fraction of sp³-hybridized carbons (Fsp3) is 0.500. The Hall–Kier alpha value is -0.620. The van der Waals surface area contributed by atoms with Crippen molar-refractivity contribution in [3.05, 3.63) is 20.3 Å². The van der Waals surface area contributed by atoms with Gasteiger partial charge in [-0.1, -0.05) is 23.2 Å². The number of hydrogen-bond donors (Lipinski definition) is 1. The summed E-state index contributed by atoms with van der Waals surface area (Å²) in [6, 6.07) is 1.53. The molecule has 0 radical (unpaired) electrons. The highest BCUT2D eigenvalue weighted by Gasteiger charge is 2.25. The lowest BCUT2D eigenvalue weighted by Gasteiger charge is -2.14. The van der Waals surface area contributed by atoms with E-state index in [9.17, 15) is 14.7 Å². The van der Waals surface area contributed by atoms with Crippen molar-refractivity contribution in [2.75, 3.05) is 13.1 Å². The van der Waals surface area contributed by atoms with Crippen molar-refractivity contribution in [1.82, 2.24) is 4.90 Å². The summed E-state index contributed by atoms with van der Waals surface area (Å²) in [5.74, 6) is -0.288. The molecule has 1 N–H and O–H groups in total. The molecule has 0 unspecified atom stereocenters. The van der Waals surface area contributed by atoms with Crippen molar-refractivity contribution in [3.8, 4) is 0 Å². The van der Waals surface area contributed by atoms with Crippen molar-refractivity contribution >= 4 is 46.2 Å². The monoisotopic (exact) mass is 321 g/mol. The van der Waals surface area contributed by atoms with Gasteiger partial charge in [0.05, 0.1) is 10.4 Å². The summed E-state index contributed by atoms with van der Waals surface area (Å²) in [4.78, 5) is 25.3. The Labute approximate surface area is 124 Å². The van der Waals surface area contributed by atoms with Crippen LogP contribution in [0, 0.1) is 0 Å². The average Bonchev–Trinajstić information content (AvgIpc) is 2.92. The molecule has 1 aliphatic rings. The molecule has 1 aliphatic heterocycles. The number of aliphatic hydroxyl groups excluding tert-OH is 1. The third kappa shape index (κ3) is 3.69. The maximum Gasteiger partial charge on any atom is 0.223 e. The van der Waals surface area contributed by atoms with E-state index in [1.54, 1.807) is 4.90 Å². The van der Waals surface area contributed by atoms with E-state index in [4.69, 9.17) is 23.2 Å². The Morgan fingerprint density at radius 1 is 1.42 bits per heavy atom. The predicted octanol–water partition coefficient (Wildman–Crippen LogP) is 2.61. The molecule has 0 aliphatic carbocycles. The van der Waals surface area contributed by atoms with Crippen LogP contribution < -0.4 is 0 Å². The number of halogens is 2. The van der Waals surface area contributed by atoms with Crippen LogP contribution in [0.1, 0.15) is 29.6 Å². The summed E-state index contributed by atoms with van der Waals surface area (Å²) >= 11 is 12.8. The first-order valence-electron chi connectivity index (χ1n) is 5.91. The Bertz CT molecular complexity index is 503. The van der Waals surface area contributed by atoms with Gasteiger partial charge >= 0.3 is 0 Å². The summed E-state index contributed by atoms with van der Waals surface area (Å²) in [6.07, 6.45) is 0.406. The molecule has 0 saturated carbocycles. The standard InChI is InChI=1S/C12H13Cl2NO3S/c13-10-5-8(12(14)19-10)9(17)1-2-11(18)15-4-3-7(16)6-15/h5,7,16H,1-4,6H2/t7-/m1/s1. The quantitative estimate of drug-likeness (QED) is 0.867. The third-order valence-electron chi connectivity index (χ3n) is 3.04. The molecule has 1 saturated heterocycles. The van der Waals surface area contributed by atoms with Crippen LogP contribution in [0.25, 0.3) is 0 Å². The van der Waals surface area contributed by atoms with Crippen LogP contribution in [0.15, 0.2) is 6.07 Å². The lowest BCUT2D eigenvalue weighted by Crippen LogP contribution is -2.29. The largest absolute Gasteiger partial charge is 0.391 e. The molecule has 1 aromatic heterocycles. The minimum Gasteiger partial charge on any atom is -0.391 e. The van der Waals surface area contributed by atoms with Gasteiger partial charge in [0.25, 0.3) is 0 Å². The van der Waals surface area contributed by atoms with Crippen LogP contribution in [0.2, 0.25) is 8.67 Å². The summed E-state index contributed by atoms with van der Waals surface area (Å²) in [5, 5.41) is 9.35. The molecule has 7 heteroatoms. The number of thiophene rings is 1. The first kappa shape index (κ1) is 14.8. The zero-order valence-corrected chi connectivity index (χ0v) is 12.4. The molecular weight excluding hydrogens is 309 g/mol. The summed E-state index contributed by atoms with van der Waals surface area (Å²) in [7, 11) is 0. The number of hydrogen-bond acceptors (Lipinski definition) is 4. The van der Waals surface area contributed by atoms with Crippen LogP contribution in [0.5, 0.6) is 0 Å². The Balaban J connectivity index is 1.87. The number of carbonyl (C=O) groups excluding carboxylic acids is 2. The Morgan fingerprint density at radius 3 is 2.68 bits per heavy atom. The van der Waals surface area contributed by atoms with Gasteiger partial charge in [-0.15, -0.1) is 11.3 Å². The van der Waals surface area contributed by atoms with E-state index in [1.807, 2.05) is 0 Å². The van der Waals surface area contributed by atoms with Crippen LogP contribution in [0.3, 0.4) is 0 Å². The van der Waals surface area contributed by atoms with Gasteiger partial charge in [0.2, 0.25) is 5.91 Å². The molecule has 0 spiro atoms. The summed E-state index contributed by atoms with van der Waals surface area (Å²) in [6.45, 7) is 0.914. The van der Waals surface area contributed by atoms with Crippen molar-refractivity contribution in [2.24, 2.45) is 0 Å². The van der Waals surface area contributed by atoms with Crippen molar-refractivity contribution in [3.63, 3.8) is 0 Å². The second-order valence-electron chi connectivity index (χ2n) is 4.44. The SMILES string of the molecule is O=C(CCC(=O)N1CC[C@@H](O)C1)c1cc(Cl)sc1Cl. The number of rotatable bonds is 4. The second-order valence-corrected chi connectivity index (χ2v) is 6.73. The van der Waals surface area contributed by atoms with E-state index in [0.29, 0.717) is 33.7 Å². The van der Waals surface area contributed by atoms with Crippen molar-refractivity contribution in [2.45, 2.75) is 25.4 Å². The van der Waals surface area contributed by atoms with Gasteiger partial charge < -0.3 is 10.0 Å². The van der Waals surface area contributed by atoms with Gasteiger partial charge in [-0.3, -0.25) is 9.59 Å². The van der Waals surface area contributed by atoms with Gasteiger partial charge in [-0.05, 0) is 12.5 Å². The first-order valence-corrected chi connectivity index (χ1v) is 7.48. The molecule has 1 aromatic rings. The number of carbonyl (C=O) groups is 2. The number of β-amino-alcohol motifs (C(OH)–C–C–N with tert-alkyl or cyclic N) is 1. The molecule has 0 bridgehead atoms. The van der Waals surface area contributed by atoms with Gasteiger partial charge in [0.15, 0.2) is 5.78 Å². The van der Waals surface area contributed by atoms with Crippen LogP contribution >= 0.6 is 34.5 Å². The molecule has 2 rings (SSSR count). The fourth-order valence-corrected chi connectivity index (χ4v) is 3.51. The molecule has 1 fully saturated rings. The number of aliphatic hydroxyl groups is 1. The van der Waals surface area contributed by atoms with E-state index < -0.39 is 6.10 Å². The van der Waals surface area contributed by atoms with Crippen LogP contribution in [-0.4, -0.2) is 40.9 Å². The number of likely N-dealkylation sites (tertiary alicyclic amines) is 1. The molecule has 0 aromatic carbocycles. The summed E-state index contributed by atoms with van der Waals surface area (Å²) < 4.78 is 0.821. The number of nitrogens with zero attached hydrogens (tertiary/aromatic N) is 1. The number of Topliss-reactive ketones (excluding diaryl/α,β-unsaturated/α-hetero) is 1. The minimum atomic E-state index is -0.440. The zero-order valence-electron chi connectivity index (χ0n) is 10.1. The van der Waals surface area contributed by atoms with E-state index in [0.717, 1.165) is 11.3 Å². The van der Waals surface area contributed by atoms with E-state index in [-0.39, 0.29) is 24.5 Å². The van der Waals surface area contributed by atoms with Gasteiger partial charge in [-0.2, -0.15) is 0 Å². The highest BCUT2D eigenvalue weighted by Crippen LogP contribution is 2.32. The topological polar surface area (TPSA) is 57.6 Å². The lowest BCUT2D eigenvalue weighted by atomic mass is 10.1.